The Labute approximate surface area is 181 Å². The van der Waals surface area contributed by atoms with Crippen LogP contribution in [-0.2, 0) is 6.18 Å². The van der Waals surface area contributed by atoms with Gasteiger partial charge in [-0.15, -0.1) is 11.3 Å². The summed E-state index contributed by atoms with van der Waals surface area (Å²) in [5.74, 6) is 0. The van der Waals surface area contributed by atoms with Crippen molar-refractivity contribution in [3.8, 4) is 5.69 Å². The molecule has 0 spiro atoms. The van der Waals surface area contributed by atoms with Gasteiger partial charge in [-0.05, 0) is 43.3 Å². The number of hydrogen-bond donors (Lipinski definition) is 1. The first-order valence-electron chi connectivity index (χ1n) is 9.60. The molecule has 3 aromatic rings. The van der Waals surface area contributed by atoms with Crippen LogP contribution in [0.2, 0.25) is 0 Å². The van der Waals surface area contributed by atoms with Gasteiger partial charge in [0.05, 0.1) is 5.56 Å². The molecule has 164 valence electrons. The topological polar surface area (TPSA) is 62.5 Å². The Balaban J connectivity index is 0.000000391. The summed E-state index contributed by atoms with van der Waals surface area (Å²) >= 11 is 1.32. The molecule has 1 aliphatic rings. The van der Waals surface area contributed by atoms with E-state index in [1.54, 1.807) is 28.1 Å². The molecule has 2 aromatic heterocycles. The Hall–Kier alpha value is -2.98. The summed E-state index contributed by atoms with van der Waals surface area (Å²) in [6, 6.07) is 10.2. The minimum atomic E-state index is -4.38. The van der Waals surface area contributed by atoms with E-state index >= 15 is 0 Å². The van der Waals surface area contributed by atoms with Crippen LogP contribution in [0.4, 0.5) is 18.0 Å². The number of benzene rings is 1. The quantitative estimate of drug-likeness (QED) is 0.614. The Morgan fingerprint density at radius 2 is 1.74 bits per heavy atom. The number of nitrogens with zero attached hydrogens (tertiary/aromatic N) is 4. The maximum absolute atomic E-state index is 12.7. The van der Waals surface area contributed by atoms with Gasteiger partial charge in [0.2, 0.25) is 0 Å². The molecule has 3 heterocycles. The van der Waals surface area contributed by atoms with Crippen molar-refractivity contribution in [3.63, 3.8) is 0 Å². The second kappa shape index (κ2) is 10.4. The molecule has 4 rings (SSSR count). The molecule has 2 amide bonds. The number of pyridine rings is 1. The standard InChI is InChI=1S/C16H17F3N4OS.C5H5N/c1-11-10-23(13-4-2-12(3-5-13)16(17,18)19)15(25-11)21-14(24)22-8-6-20-7-9-22;1-2-4-6-5-3-1/h2-5,10,20H,6-9H2,1H3;1-5H. The third kappa shape index (κ3) is 6.50. The molecular weight excluding hydrogens is 427 g/mol. The van der Waals surface area contributed by atoms with E-state index in [4.69, 9.17) is 0 Å². The number of urea groups is 1. The lowest BCUT2D eigenvalue weighted by molar-refractivity contribution is -0.137. The number of amides is 2. The van der Waals surface area contributed by atoms with Gasteiger partial charge in [-0.3, -0.25) is 9.55 Å². The first-order valence-corrected chi connectivity index (χ1v) is 10.4. The van der Waals surface area contributed by atoms with E-state index in [1.165, 1.54) is 23.5 Å². The molecule has 1 N–H and O–H groups in total. The fraction of sp³-hybridized carbons (Fsp3) is 0.286. The smallest absolute Gasteiger partial charge is 0.320 e. The van der Waals surface area contributed by atoms with Crippen molar-refractivity contribution < 1.29 is 18.0 Å². The zero-order valence-electron chi connectivity index (χ0n) is 16.8. The number of nitrogens with one attached hydrogen (secondary N) is 1. The van der Waals surface area contributed by atoms with E-state index in [0.29, 0.717) is 23.6 Å². The van der Waals surface area contributed by atoms with Gasteiger partial charge < -0.3 is 10.2 Å². The van der Waals surface area contributed by atoms with Gasteiger partial charge >= 0.3 is 12.2 Å². The molecule has 31 heavy (non-hydrogen) atoms. The summed E-state index contributed by atoms with van der Waals surface area (Å²) in [5, 5.41) is 3.16. The highest BCUT2D eigenvalue weighted by atomic mass is 32.1. The fourth-order valence-electron chi connectivity index (χ4n) is 2.85. The minimum Gasteiger partial charge on any atom is -0.320 e. The number of piperazine rings is 1. The van der Waals surface area contributed by atoms with Crippen LogP contribution in [0, 0.1) is 6.92 Å². The van der Waals surface area contributed by atoms with Crippen LogP contribution < -0.4 is 10.1 Å². The summed E-state index contributed by atoms with van der Waals surface area (Å²) < 4.78 is 39.8. The number of rotatable bonds is 1. The van der Waals surface area contributed by atoms with Crippen molar-refractivity contribution in [3.05, 3.63) is 76.3 Å². The van der Waals surface area contributed by atoms with Crippen LogP contribution in [0.15, 0.2) is 66.0 Å². The van der Waals surface area contributed by atoms with Crippen molar-refractivity contribution in [1.29, 1.82) is 0 Å². The first kappa shape index (κ1) is 22.7. The SMILES string of the molecule is Cc1cn(-c2ccc(C(F)(F)F)cc2)c(=NC(=O)N2CCNCC2)s1.c1ccncc1. The van der Waals surface area contributed by atoms with Crippen LogP contribution in [0.5, 0.6) is 0 Å². The van der Waals surface area contributed by atoms with Crippen molar-refractivity contribution in [2.75, 3.05) is 26.2 Å². The molecule has 1 saturated heterocycles. The third-order valence-corrected chi connectivity index (χ3v) is 5.29. The normalized spacial score (nSPS) is 14.7. The molecule has 10 heteroatoms. The van der Waals surface area contributed by atoms with Gasteiger partial charge in [0, 0.05) is 55.3 Å². The monoisotopic (exact) mass is 449 g/mol. The van der Waals surface area contributed by atoms with Crippen LogP contribution in [0.3, 0.4) is 0 Å². The Morgan fingerprint density at radius 3 is 2.26 bits per heavy atom. The molecule has 0 bridgehead atoms. The highest BCUT2D eigenvalue weighted by Crippen LogP contribution is 2.29. The highest BCUT2D eigenvalue weighted by Gasteiger charge is 2.30. The van der Waals surface area contributed by atoms with E-state index in [2.05, 4.69) is 15.3 Å². The number of thiazole rings is 1. The lowest BCUT2D eigenvalue weighted by atomic mass is 10.2. The van der Waals surface area contributed by atoms with E-state index in [-0.39, 0.29) is 6.03 Å². The Bertz CT molecular complexity index is 1010. The first-order chi connectivity index (χ1) is 14.8. The van der Waals surface area contributed by atoms with E-state index < -0.39 is 11.7 Å². The van der Waals surface area contributed by atoms with Crippen LogP contribution in [0.1, 0.15) is 10.4 Å². The zero-order valence-corrected chi connectivity index (χ0v) is 17.7. The van der Waals surface area contributed by atoms with Gasteiger partial charge in [0.1, 0.15) is 0 Å². The number of halogens is 3. The van der Waals surface area contributed by atoms with Crippen LogP contribution >= 0.6 is 11.3 Å². The van der Waals surface area contributed by atoms with Gasteiger partial charge in [-0.1, -0.05) is 6.07 Å². The molecule has 0 radical (unpaired) electrons. The summed E-state index contributed by atoms with van der Waals surface area (Å²) in [6.45, 7) is 4.49. The number of hydrogen-bond acceptors (Lipinski definition) is 4. The summed E-state index contributed by atoms with van der Waals surface area (Å²) in [5.41, 5.74) is -0.177. The molecular formula is C21H22F3N5OS. The zero-order chi connectivity index (χ0) is 22.3. The van der Waals surface area contributed by atoms with Gasteiger partial charge in [-0.25, -0.2) is 4.79 Å². The lowest BCUT2D eigenvalue weighted by Crippen LogP contribution is -2.45. The highest BCUT2D eigenvalue weighted by molar-refractivity contribution is 7.09. The molecule has 6 nitrogen and oxygen atoms in total. The Kier molecular flexibility index (Phi) is 7.59. The number of alkyl halides is 3. The number of carbonyl (C=O) groups excluding carboxylic acids is 1. The van der Waals surface area contributed by atoms with E-state index in [9.17, 15) is 18.0 Å². The second-order valence-electron chi connectivity index (χ2n) is 6.70. The molecule has 0 aliphatic carbocycles. The lowest BCUT2D eigenvalue weighted by Gasteiger charge is -2.25. The maximum atomic E-state index is 12.7. The average molecular weight is 450 g/mol. The van der Waals surface area contributed by atoms with Gasteiger partial charge in [0.25, 0.3) is 0 Å². The van der Waals surface area contributed by atoms with Crippen LogP contribution in [0.25, 0.3) is 5.69 Å². The van der Waals surface area contributed by atoms with E-state index in [0.717, 1.165) is 30.1 Å². The second-order valence-corrected chi connectivity index (χ2v) is 7.91. The van der Waals surface area contributed by atoms with Crippen molar-refractivity contribution in [2.45, 2.75) is 13.1 Å². The predicted molar refractivity (Wildman–Crippen MR) is 113 cm³/mol. The Morgan fingerprint density at radius 1 is 1.10 bits per heavy atom. The number of carbonyl (C=O) groups is 1. The molecule has 1 aromatic carbocycles. The van der Waals surface area contributed by atoms with Crippen molar-refractivity contribution >= 4 is 17.4 Å². The summed E-state index contributed by atoms with van der Waals surface area (Å²) in [6.07, 6.45) is 0.885. The van der Waals surface area contributed by atoms with Crippen LogP contribution in [-0.4, -0.2) is 46.7 Å². The summed E-state index contributed by atoms with van der Waals surface area (Å²) in [7, 11) is 0. The molecule has 1 fully saturated rings. The maximum Gasteiger partial charge on any atom is 0.416 e. The third-order valence-electron chi connectivity index (χ3n) is 4.39. The van der Waals surface area contributed by atoms with Crippen molar-refractivity contribution in [1.82, 2.24) is 19.8 Å². The predicted octanol–water partition coefficient (Wildman–Crippen LogP) is 3.87. The minimum absolute atomic E-state index is 0.330. The van der Waals surface area contributed by atoms with E-state index in [1.807, 2.05) is 25.1 Å². The molecule has 0 unspecified atom stereocenters. The average Bonchev–Trinajstić information content (AvgIpc) is 3.15. The van der Waals surface area contributed by atoms with Gasteiger partial charge in [-0.2, -0.15) is 18.2 Å². The number of aromatic nitrogens is 2. The molecule has 1 aliphatic heterocycles. The molecule has 0 atom stereocenters. The fourth-order valence-corrected chi connectivity index (χ4v) is 3.68. The van der Waals surface area contributed by atoms with Crippen molar-refractivity contribution in [2.24, 2.45) is 4.99 Å². The molecule has 0 saturated carbocycles. The largest absolute Gasteiger partial charge is 0.416 e. The summed E-state index contributed by atoms with van der Waals surface area (Å²) in [4.78, 5) is 23.3. The number of aryl methyl sites for hydroxylation is 1. The van der Waals surface area contributed by atoms with Gasteiger partial charge in [0.15, 0.2) is 4.80 Å².